The minimum absolute atomic E-state index is 0.0168. The van der Waals surface area contributed by atoms with Gasteiger partial charge in [0.2, 0.25) is 18.1 Å². The molecule has 21 heteroatoms. The minimum Gasteiger partial charge on any atom is -0.493 e. The highest BCUT2D eigenvalue weighted by Gasteiger charge is 2.55. The summed E-state index contributed by atoms with van der Waals surface area (Å²) in [6, 6.07) is 22.4. The van der Waals surface area contributed by atoms with Crippen LogP contribution in [0.15, 0.2) is 83.7 Å². The molecule has 5 atom stereocenters. The molecule has 2 unspecified atom stereocenters. The van der Waals surface area contributed by atoms with E-state index in [1.165, 1.54) is 64.9 Å². The molecule has 3 saturated heterocycles. The van der Waals surface area contributed by atoms with E-state index in [2.05, 4.69) is 4.90 Å². The quantitative estimate of drug-likeness (QED) is 0.0794. The zero-order chi connectivity index (χ0) is 57.3. The number of ether oxygens (including phenoxy) is 11. The van der Waals surface area contributed by atoms with Gasteiger partial charge in [-0.2, -0.15) is 0 Å². The Morgan fingerprint density at radius 2 is 1.49 bits per heavy atom. The lowest BCUT2D eigenvalue weighted by molar-refractivity contribution is -0.190. The molecule has 83 heavy (non-hydrogen) atoms. The van der Waals surface area contributed by atoms with Gasteiger partial charge in [0.25, 0.3) is 5.56 Å². The molecule has 1 amide bonds. The van der Waals surface area contributed by atoms with Gasteiger partial charge in [-0.05, 0) is 135 Å². The summed E-state index contributed by atoms with van der Waals surface area (Å²) >= 11 is 0. The van der Waals surface area contributed by atoms with Crippen LogP contribution in [0.5, 0.6) is 40.2 Å². The fraction of sp³-hybridized carbons (Fsp3) is 0.403. The SMILES string of the molecule is CCC1(OC(=O)COc2ccc(C(=O)OC3c4cc5c(cc4[C@@H](c4cc(OC)c(OC)c(OC)c4)[C@H]4C(=O)OC[C@H]34)OCO5)cc2)C(=O)OCc2c1cc1n(c2=O)Cc2cc3cc(OC(=O)N4CCC(N5CCCCC5)CC4)ccc3nc2-1. The summed E-state index contributed by atoms with van der Waals surface area (Å²) in [5, 5.41) is 0.717. The number of hydrogen-bond acceptors (Lipinski definition) is 19. The predicted octanol–water partition coefficient (Wildman–Crippen LogP) is 7.75. The van der Waals surface area contributed by atoms with Gasteiger partial charge in [0.05, 0.1) is 68.4 Å². The molecule has 430 valence electrons. The Morgan fingerprint density at radius 3 is 2.20 bits per heavy atom. The lowest BCUT2D eigenvalue weighted by atomic mass is 9.66. The fourth-order valence-electron chi connectivity index (χ4n) is 13.2. The molecule has 6 aromatic rings. The van der Waals surface area contributed by atoms with Crippen molar-refractivity contribution in [3.8, 4) is 51.6 Å². The maximum atomic E-state index is 14.3. The average molecular weight is 1130 g/mol. The topological polar surface area (TPSA) is 228 Å². The lowest BCUT2D eigenvalue weighted by Crippen LogP contribution is -2.48. The third-order valence-electron chi connectivity index (χ3n) is 17.4. The number of carbonyl (C=O) groups excluding carboxylic acids is 5. The fourth-order valence-corrected chi connectivity index (χ4v) is 13.2. The van der Waals surface area contributed by atoms with Crippen molar-refractivity contribution in [3.63, 3.8) is 0 Å². The number of likely N-dealkylation sites (tertiary alicyclic amines) is 2. The van der Waals surface area contributed by atoms with Crippen LogP contribution in [0.25, 0.3) is 22.3 Å². The molecular weight excluding hydrogens is 1070 g/mol. The first-order valence-electron chi connectivity index (χ1n) is 28.0. The highest BCUT2D eigenvalue weighted by atomic mass is 16.7. The summed E-state index contributed by atoms with van der Waals surface area (Å²) in [4.78, 5) is 92.4. The average Bonchev–Trinajstić information content (AvgIpc) is 4.39. The molecule has 6 aliphatic heterocycles. The number of nitrogens with zero attached hydrogens (tertiary/aromatic N) is 4. The van der Waals surface area contributed by atoms with E-state index in [0.29, 0.717) is 92.6 Å². The van der Waals surface area contributed by atoms with Gasteiger partial charge in [-0.3, -0.25) is 9.59 Å². The van der Waals surface area contributed by atoms with Gasteiger partial charge < -0.3 is 66.5 Å². The molecule has 7 aliphatic rings. The van der Waals surface area contributed by atoms with Crippen molar-refractivity contribution >= 4 is 40.9 Å². The van der Waals surface area contributed by atoms with E-state index in [1.54, 1.807) is 64.9 Å². The highest BCUT2D eigenvalue weighted by Crippen LogP contribution is 2.57. The van der Waals surface area contributed by atoms with Gasteiger partial charge in [-0.15, -0.1) is 0 Å². The maximum absolute atomic E-state index is 14.3. The number of methoxy groups -OCH3 is 3. The van der Waals surface area contributed by atoms with Crippen LogP contribution in [-0.2, 0) is 52.1 Å². The number of aromatic nitrogens is 2. The Morgan fingerprint density at radius 1 is 0.771 bits per heavy atom. The van der Waals surface area contributed by atoms with Crippen LogP contribution >= 0.6 is 0 Å². The van der Waals surface area contributed by atoms with Gasteiger partial charge in [0.1, 0.15) is 24.2 Å². The number of benzene rings is 4. The van der Waals surface area contributed by atoms with Gasteiger partial charge in [0.15, 0.2) is 29.6 Å². The van der Waals surface area contributed by atoms with Crippen LogP contribution in [0.3, 0.4) is 0 Å². The Bertz CT molecular complexity index is 3670. The van der Waals surface area contributed by atoms with E-state index in [9.17, 15) is 28.8 Å². The molecule has 13 rings (SSSR count). The Kier molecular flexibility index (Phi) is 13.8. The Labute approximate surface area is 476 Å². The van der Waals surface area contributed by atoms with Crippen LogP contribution < -0.4 is 38.7 Å². The number of carbonyl (C=O) groups is 5. The Hall–Kier alpha value is -8.85. The first-order chi connectivity index (χ1) is 40.4. The molecular formula is C62H60N4O17. The summed E-state index contributed by atoms with van der Waals surface area (Å²) in [6.07, 6.45) is 4.18. The smallest absolute Gasteiger partial charge is 0.415 e. The summed E-state index contributed by atoms with van der Waals surface area (Å²) in [6.45, 7) is 4.35. The molecule has 0 saturated carbocycles. The zero-order valence-electron chi connectivity index (χ0n) is 46.2. The van der Waals surface area contributed by atoms with Crippen molar-refractivity contribution in [2.24, 2.45) is 11.8 Å². The number of cyclic esters (lactones) is 2. The third-order valence-corrected chi connectivity index (χ3v) is 17.4. The monoisotopic (exact) mass is 1130 g/mol. The second-order valence-corrected chi connectivity index (χ2v) is 21.8. The Balaban J connectivity index is 0.691. The number of hydrogen-bond donors (Lipinski definition) is 0. The molecule has 21 nitrogen and oxygen atoms in total. The van der Waals surface area contributed by atoms with E-state index < -0.39 is 65.5 Å². The standard InChI is InChI=1S/C62H60N4O17/c1-5-62(44-27-46-54-36(28-66(46)57(68)42(44)29-78-60(62)71)21-34-22-39(13-14-45(34)63-54)81-61(72)65-19-15-37(16-20-65)64-17-7-6-8-18-64)83-51(67)31-76-38-11-9-33(10-12-38)58(69)82-55-41-26-48-47(79-32-80-48)25-40(41)52(53-43(55)30-77-59(53)70)35-23-49(73-2)56(75-4)50(24-35)74-3/h9-14,21-27,37,43,52-53,55H,5-8,15-20,28-32H2,1-4H3/t43-,52+,53-,55?,62?/m0/s1. The second kappa shape index (κ2) is 21.5. The van der Waals surface area contributed by atoms with Crippen LogP contribution in [0.1, 0.15) is 101 Å². The van der Waals surface area contributed by atoms with Crippen molar-refractivity contribution < 1.29 is 76.1 Å². The van der Waals surface area contributed by atoms with Crippen LogP contribution in [0, 0.1) is 11.8 Å². The first kappa shape index (κ1) is 53.5. The maximum Gasteiger partial charge on any atom is 0.415 e. The van der Waals surface area contributed by atoms with Gasteiger partial charge in [0, 0.05) is 53.0 Å². The summed E-state index contributed by atoms with van der Waals surface area (Å²) in [5.41, 5.74) is 2.33. The molecule has 8 heterocycles. The van der Waals surface area contributed by atoms with E-state index in [4.69, 9.17) is 57.1 Å². The predicted molar refractivity (Wildman–Crippen MR) is 293 cm³/mol. The van der Waals surface area contributed by atoms with Crippen molar-refractivity contribution in [3.05, 3.63) is 128 Å². The number of pyridine rings is 2. The molecule has 0 spiro atoms. The summed E-state index contributed by atoms with van der Waals surface area (Å²) in [7, 11) is 4.52. The first-order valence-corrected chi connectivity index (χ1v) is 28.0. The van der Waals surface area contributed by atoms with Crippen molar-refractivity contribution in [2.75, 3.05) is 67.5 Å². The van der Waals surface area contributed by atoms with Crippen molar-refractivity contribution in [1.29, 1.82) is 0 Å². The molecule has 0 radical (unpaired) electrons. The van der Waals surface area contributed by atoms with Crippen LogP contribution in [0.4, 0.5) is 4.79 Å². The zero-order valence-corrected chi connectivity index (χ0v) is 46.2. The summed E-state index contributed by atoms with van der Waals surface area (Å²) in [5.74, 6) is -2.28. The van der Waals surface area contributed by atoms with Crippen LogP contribution in [-0.4, -0.2) is 123 Å². The third kappa shape index (κ3) is 9.34. The lowest BCUT2D eigenvalue weighted by Gasteiger charge is -2.39. The molecule has 4 aromatic carbocycles. The molecule has 0 bridgehead atoms. The van der Waals surface area contributed by atoms with Crippen molar-refractivity contribution in [2.45, 2.75) is 82.3 Å². The van der Waals surface area contributed by atoms with E-state index in [-0.39, 0.29) is 61.5 Å². The van der Waals surface area contributed by atoms with Gasteiger partial charge in [-0.1, -0.05) is 13.3 Å². The largest absolute Gasteiger partial charge is 0.493 e. The van der Waals surface area contributed by atoms with Gasteiger partial charge in [-0.25, -0.2) is 24.2 Å². The number of amides is 1. The van der Waals surface area contributed by atoms with E-state index in [1.807, 2.05) is 6.07 Å². The minimum atomic E-state index is -1.99. The summed E-state index contributed by atoms with van der Waals surface area (Å²) < 4.78 is 65.3. The number of esters is 4. The molecule has 1 aliphatic carbocycles. The van der Waals surface area contributed by atoms with E-state index in [0.717, 1.165) is 31.5 Å². The number of piperidine rings is 2. The van der Waals surface area contributed by atoms with E-state index >= 15 is 0 Å². The van der Waals surface area contributed by atoms with Crippen LogP contribution in [0.2, 0.25) is 0 Å². The highest BCUT2D eigenvalue weighted by molar-refractivity contribution is 5.91. The normalized spacial score (nSPS) is 22.2. The molecule has 2 aromatic heterocycles. The van der Waals surface area contributed by atoms with Crippen molar-refractivity contribution in [1.82, 2.24) is 19.4 Å². The van der Waals surface area contributed by atoms with Gasteiger partial charge >= 0.3 is 30.0 Å². The number of rotatable bonds is 13. The number of fused-ring (bicyclic) bond motifs is 8. The second-order valence-electron chi connectivity index (χ2n) is 21.8. The molecule has 3 fully saturated rings. The molecule has 0 N–H and O–H groups in total.